The summed E-state index contributed by atoms with van der Waals surface area (Å²) < 4.78 is 13.2. The Balaban J connectivity index is 1.75. The summed E-state index contributed by atoms with van der Waals surface area (Å²) in [6.45, 7) is 2.07. The van der Waals surface area contributed by atoms with Crippen molar-refractivity contribution in [1.82, 2.24) is 14.9 Å². The SMILES string of the molecule is CCOC(=O)/C(=C\c1ccc(Br)cc1)C1=Nn2c(nnc2-c2ccc(OC)cc2)SC1. The van der Waals surface area contributed by atoms with E-state index < -0.39 is 5.97 Å². The summed E-state index contributed by atoms with van der Waals surface area (Å²) in [5.74, 6) is 1.42. The smallest absolute Gasteiger partial charge is 0.340 e. The van der Waals surface area contributed by atoms with E-state index in [0.29, 0.717) is 28.0 Å². The Labute approximate surface area is 192 Å². The summed E-state index contributed by atoms with van der Waals surface area (Å²) in [7, 11) is 1.62. The van der Waals surface area contributed by atoms with Crippen molar-refractivity contribution in [3.8, 4) is 17.1 Å². The van der Waals surface area contributed by atoms with E-state index in [0.717, 1.165) is 21.3 Å². The molecule has 0 N–H and O–H groups in total. The zero-order chi connectivity index (χ0) is 21.8. The van der Waals surface area contributed by atoms with Crippen LogP contribution in [-0.2, 0) is 9.53 Å². The number of thioether (sulfide) groups is 1. The Morgan fingerprint density at radius 2 is 1.90 bits per heavy atom. The lowest BCUT2D eigenvalue weighted by Gasteiger charge is -2.16. The highest BCUT2D eigenvalue weighted by molar-refractivity contribution is 9.10. The van der Waals surface area contributed by atoms with E-state index in [9.17, 15) is 4.79 Å². The summed E-state index contributed by atoms with van der Waals surface area (Å²) in [5, 5.41) is 13.9. The first-order chi connectivity index (χ1) is 15.1. The van der Waals surface area contributed by atoms with Crippen molar-refractivity contribution in [2.24, 2.45) is 5.10 Å². The number of halogens is 1. The molecule has 1 aromatic heterocycles. The fourth-order valence-corrected chi connectivity index (χ4v) is 4.07. The molecule has 0 bridgehead atoms. The quantitative estimate of drug-likeness (QED) is 0.362. The lowest BCUT2D eigenvalue weighted by Crippen LogP contribution is -2.21. The molecule has 0 atom stereocenters. The maximum atomic E-state index is 12.7. The summed E-state index contributed by atoms with van der Waals surface area (Å²) in [5.41, 5.74) is 2.74. The van der Waals surface area contributed by atoms with Crippen molar-refractivity contribution in [2.75, 3.05) is 19.5 Å². The second kappa shape index (κ2) is 9.49. The van der Waals surface area contributed by atoms with Gasteiger partial charge in [0, 0.05) is 15.8 Å². The topological polar surface area (TPSA) is 78.6 Å². The number of carbonyl (C=O) groups excluding carboxylic acids is 1. The van der Waals surface area contributed by atoms with Gasteiger partial charge in [-0.3, -0.25) is 0 Å². The number of aromatic nitrogens is 3. The molecule has 0 spiro atoms. The molecule has 2 heterocycles. The Morgan fingerprint density at radius 1 is 1.16 bits per heavy atom. The molecule has 3 aromatic rings. The molecule has 0 fully saturated rings. The third-order valence-corrected chi connectivity index (χ3v) is 5.97. The van der Waals surface area contributed by atoms with Crippen LogP contribution in [0.2, 0.25) is 0 Å². The predicted molar refractivity (Wildman–Crippen MR) is 124 cm³/mol. The van der Waals surface area contributed by atoms with Crippen molar-refractivity contribution in [3.63, 3.8) is 0 Å². The number of hydrogen-bond donors (Lipinski definition) is 0. The van der Waals surface area contributed by atoms with Gasteiger partial charge in [0.15, 0.2) is 5.82 Å². The number of carbonyl (C=O) groups is 1. The highest BCUT2D eigenvalue weighted by Gasteiger charge is 2.25. The van der Waals surface area contributed by atoms with E-state index in [1.807, 2.05) is 48.5 Å². The largest absolute Gasteiger partial charge is 0.497 e. The van der Waals surface area contributed by atoms with Crippen LogP contribution in [0.25, 0.3) is 17.5 Å². The molecule has 1 aliphatic heterocycles. The van der Waals surface area contributed by atoms with E-state index in [1.54, 1.807) is 24.8 Å². The first-order valence-corrected chi connectivity index (χ1v) is 11.3. The lowest BCUT2D eigenvalue weighted by molar-refractivity contribution is -0.137. The van der Waals surface area contributed by atoms with Crippen LogP contribution < -0.4 is 4.74 Å². The first-order valence-electron chi connectivity index (χ1n) is 9.54. The van der Waals surface area contributed by atoms with Crippen LogP contribution in [0.1, 0.15) is 12.5 Å². The molecule has 0 aliphatic carbocycles. The average molecular weight is 499 g/mol. The number of ether oxygens (including phenoxy) is 2. The summed E-state index contributed by atoms with van der Waals surface area (Å²) >= 11 is 4.90. The van der Waals surface area contributed by atoms with Gasteiger partial charge in [0.25, 0.3) is 0 Å². The normalized spacial score (nSPS) is 13.4. The predicted octanol–water partition coefficient (Wildman–Crippen LogP) is 4.67. The van der Waals surface area contributed by atoms with Crippen LogP contribution in [0.3, 0.4) is 0 Å². The van der Waals surface area contributed by atoms with Crippen molar-refractivity contribution in [2.45, 2.75) is 12.1 Å². The number of hydrogen-bond acceptors (Lipinski definition) is 7. The van der Waals surface area contributed by atoms with Crippen LogP contribution in [0, 0.1) is 0 Å². The zero-order valence-electron chi connectivity index (χ0n) is 16.9. The van der Waals surface area contributed by atoms with E-state index in [2.05, 4.69) is 26.1 Å². The van der Waals surface area contributed by atoms with E-state index in [4.69, 9.17) is 14.6 Å². The minimum absolute atomic E-state index is 0.284. The fourth-order valence-electron chi connectivity index (χ4n) is 2.97. The number of esters is 1. The molecule has 0 unspecified atom stereocenters. The summed E-state index contributed by atoms with van der Waals surface area (Å²) in [4.78, 5) is 12.7. The monoisotopic (exact) mass is 498 g/mol. The molecule has 2 aromatic carbocycles. The van der Waals surface area contributed by atoms with E-state index in [1.165, 1.54) is 11.8 Å². The molecular formula is C22H19BrN4O3S. The molecule has 31 heavy (non-hydrogen) atoms. The van der Waals surface area contributed by atoms with Gasteiger partial charge in [-0.05, 0) is 55.0 Å². The lowest BCUT2D eigenvalue weighted by atomic mass is 10.1. The van der Waals surface area contributed by atoms with Gasteiger partial charge >= 0.3 is 5.97 Å². The molecule has 158 valence electrons. The number of nitrogens with zero attached hydrogens (tertiary/aromatic N) is 4. The molecule has 0 saturated carbocycles. The van der Waals surface area contributed by atoms with Gasteiger partial charge in [-0.25, -0.2) is 4.79 Å². The summed E-state index contributed by atoms with van der Waals surface area (Å²) in [6.07, 6.45) is 1.80. The van der Waals surface area contributed by atoms with Crippen molar-refractivity contribution in [3.05, 3.63) is 64.1 Å². The van der Waals surface area contributed by atoms with Gasteiger partial charge in [0.05, 0.1) is 25.0 Å². The molecule has 4 rings (SSSR count). The van der Waals surface area contributed by atoms with Crippen LogP contribution in [-0.4, -0.2) is 46.0 Å². The highest BCUT2D eigenvalue weighted by Crippen LogP contribution is 2.30. The van der Waals surface area contributed by atoms with Crippen molar-refractivity contribution in [1.29, 1.82) is 0 Å². The molecule has 1 aliphatic rings. The van der Waals surface area contributed by atoms with Crippen LogP contribution in [0.5, 0.6) is 5.75 Å². The van der Waals surface area contributed by atoms with Gasteiger partial charge in [-0.2, -0.15) is 9.78 Å². The van der Waals surface area contributed by atoms with Gasteiger partial charge in [-0.15, -0.1) is 10.2 Å². The average Bonchev–Trinajstić information content (AvgIpc) is 3.22. The Bertz CT molecular complexity index is 1150. The number of fused-ring (bicyclic) bond motifs is 1. The van der Waals surface area contributed by atoms with Crippen LogP contribution in [0.15, 0.2) is 68.8 Å². The Morgan fingerprint density at radius 3 is 2.58 bits per heavy atom. The maximum absolute atomic E-state index is 12.7. The fraction of sp³-hybridized carbons (Fsp3) is 0.182. The molecule has 0 radical (unpaired) electrons. The highest BCUT2D eigenvalue weighted by atomic mass is 79.9. The van der Waals surface area contributed by atoms with Crippen LogP contribution >= 0.6 is 27.7 Å². The summed E-state index contributed by atoms with van der Waals surface area (Å²) in [6, 6.07) is 15.2. The first kappa shape index (κ1) is 21.3. The number of rotatable bonds is 6. The molecule has 0 saturated heterocycles. The maximum Gasteiger partial charge on any atom is 0.340 e. The minimum Gasteiger partial charge on any atom is -0.497 e. The van der Waals surface area contributed by atoms with Crippen molar-refractivity contribution >= 4 is 45.4 Å². The van der Waals surface area contributed by atoms with Gasteiger partial charge in [0.1, 0.15) is 5.75 Å². The minimum atomic E-state index is -0.410. The number of methoxy groups -OCH3 is 1. The molecule has 0 amide bonds. The van der Waals surface area contributed by atoms with Gasteiger partial charge in [0.2, 0.25) is 5.16 Å². The van der Waals surface area contributed by atoms with Gasteiger partial charge in [-0.1, -0.05) is 39.8 Å². The second-order valence-corrected chi connectivity index (χ2v) is 8.37. The Kier molecular flexibility index (Phi) is 6.53. The Hall–Kier alpha value is -2.91. The second-order valence-electron chi connectivity index (χ2n) is 6.51. The van der Waals surface area contributed by atoms with Gasteiger partial charge < -0.3 is 9.47 Å². The zero-order valence-corrected chi connectivity index (χ0v) is 19.3. The van der Waals surface area contributed by atoms with E-state index in [-0.39, 0.29) is 6.61 Å². The third kappa shape index (κ3) is 4.72. The molecule has 9 heteroatoms. The standard InChI is InChI=1S/C22H19BrN4O3S/c1-3-30-21(28)18(12-14-4-8-16(23)9-5-14)19-13-31-22-25-24-20(27(22)26-19)15-6-10-17(29-2)11-7-15/h4-12H,3,13H2,1-2H3/b18-12-. The molecular weight excluding hydrogens is 480 g/mol. The van der Waals surface area contributed by atoms with Crippen molar-refractivity contribution < 1.29 is 14.3 Å². The third-order valence-electron chi connectivity index (χ3n) is 4.51. The number of benzene rings is 2. The van der Waals surface area contributed by atoms with E-state index >= 15 is 0 Å². The molecule has 7 nitrogen and oxygen atoms in total. The van der Waals surface area contributed by atoms with Crippen LogP contribution in [0.4, 0.5) is 0 Å².